The van der Waals surface area contributed by atoms with Crippen molar-refractivity contribution in [3.63, 3.8) is 0 Å². The number of aromatic amines is 1. The zero-order chi connectivity index (χ0) is 21.4. The van der Waals surface area contributed by atoms with Gasteiger partial charge in [0.25, 0.3) is 5.56 Å². The van der Waals surface area contributed by atoms with Crippen molar-refractivity contribution in [2.45, 2.75) is 32.7 Å². The predicted molar refractivity (Wildman–Crippen MR) is 116 cm³/mol. The minimum Gasteiger partial charge on any atom is -0.493 e. The van der Waals surface area contributed by atoms with Crippen molar-refractivity contribution in [3.8, 4) is 11.5 Å². The van der Waals surface area contributed by atoms with E-state index in [9.17, 15) is 9.59 Å². The Kier molecular flexibility index (Phi) is 5.24. The first-order valence-corrected chi connectivity index (χ1v) is 10.1. The molecule has 1 amide bonds. The van der Waals surface area contributed by atoms with Crippen LogP contribution in [0.4, 0.5) is 0 Å². The van der Waals surface area contributed by atoms with E-state index in [1.54, 1.807) is 19.1 Å². The summed E-state index contributed by atoms with van der Waals surface area (Å²) < 4.78 is 11.0. The minimum atomic E-state index is -0.477. The monoisotopic (exact) mass is 406 g/mol. The van der Waals surface area contributed by atoms with Crippen LogP contribution in [0.3, 0.4) is 0 Å². The summed E-state index contributed by atoms with van der Waals surface area (Å²) in [6.45, 7) is 4.41. The summed E-state index contributed by atoms with van der Waals surface area (Å²) in [4.78, 5) is 30.7. The third-order valence-electron chi connectivity index (χ3n) is 5.82. The second-order valence-electron chi connectivity index (χ2n) is 7.64. The molecule has 3 aromatic rings. The van der Waals surface area contributed by atoms with Gasteiger partial charge in [0, 0.05) is 24.0 Å². The van der Waals surface area contributed by atoms with Crippen molar-refractivity contribution in [2.75, 3.05) is 20.8 Å². The Bertz CT molecular complexity index is 1180. The van der Waals surface area contributed by atoms with Gasteiger partial charge in [0.05, 0.1) is 20.3 Å². The Morgan fingerprint density at radius 3 is 2.53 bits per heavy atom. The SMILES string of the molecule is CCC(=O)N1CCc2cc(OC)c(OC)cc2C1c1cc2cc(C)ccc2[nH]c1=O. The number of benzene rings is 2. The first kappa shape index (κ1) is 20.0. The molecule has 1 N–H and O–H groups in total. The zero-order valence-electron chi connectivity index (χ0n) is 17.7. The number of H-pyrrole nitrogens is 1. The van der Waals surface area contributed by atoms with Crippen molar-refractivity contribution >= 4 is 16.8 Å². The molecule has 1 aliphatic heterocycles. The van der Waals surface area contributed by atoms with Crippen molar-refractivity contribution in [1.82, 2.24) is 9.88 Å². The normalized spacial score (nSPS) is 15.7. The average molecular weight is 406 g/mol. The van der Waals surface area contributed by atoms with Crippen molar-refractivity contribution < 1.29 is 14.3 Å². The van der Waals surface area contributed by atoms with E-state index in [-0.39, 0.29) is 11.5 Å². The van der Waals surface area contributed by atoms with Crippen LogP contribution in [0.25, 0.3) is 10.9 Å². The number of nitrogens with zero attached hydrogens (tertiary/aromatic N) is 1. The third-order valence-corrected chi connectivity index (χ3v) is 5.82. The van der Waals surface area contributed by atoms with Gasteiger partial charge in [-0.3, -0.25) is 9.59 Å². The van der Waals surface area contributed by atoms with E-state index in [0.717, 1.165) is 27.6 Å². The van der Waals surface area contributed by atoms with Crippen molar-refractivity contribution in [2.24, 2.45) is 0 Å². The minimum absolute atomic E-state index is 0.0178. The smallest absolute Gasteiger partial charge is 0.254 e. The molecule has 0 aliphatic carbocycles. The van der Waals surface area contributed by atoms with Crippen molar-refractivity contribution in [1.29, 1.82) is 0 Å². The Hall–Kier alpha value is -3.28. The Morgan fingerprint density at radius 1 is 1.10 bits per heavy atom. The molecule has 0 bridgehead atoms. The van der Waals surface area contributed by atoms with Crippen LogP contribution in [0.2, 0.25) is 0 Å². The number of hydrogen-bond acceptors (Lipinski definition) is 4. The number of ether oxygens (including phenoxy) is 2. The molecule has 0 radical (unpaired) electrons. The van der Waals surface area contributed by atoms with E-state index in [2.05, 4.69) is 4.98 Å². The molecule has 2 aromatic carbocycles. The maximum atomic E-state index is 13.1. The van der Waals surface area contributed by atoms with Crippen LogP contribution in [-0.4, -0.2) is 36.6 Å². The third kappa shape index (κ3) is 3.32. The fourth-order valence-electron chi connectivity index (χ4n) is 4.30. The molecule has 1 unspecified atom stereocenters. The highest BCUT2D eigenvalue weighted by atomic mass is 16.5. The molecular formula is C24H26N2O4. The van der Waals surface area contributed by atoms with E-state index in [1.165, 1.54) is 0 Å². The van der Waals surface area contributed by atoms with Crippen LogP contribution in [0.5, 0.6) is 11.5 Å². The molecular weight excluding hydrogens is 380 g/mol. The summed E-state index contributed by atoms with van der Waals surface area (Å²) in [7, 11) is 3.19. The number of aromatic nitrogens is 1. The highest BCUT2D eigenvalue weighted by Crippen LogP contribution is 2.40. The lowest BCUT2D eigenvalue weighted by Gasteiger charge is -2.37. The van der Waals surface area contributed by atoms with Crippen LogP contribution in [0.1, 0.15) is 41.6 Å². The van der Waals surface area contributed by atoms with Gasteiger partial charge in [-0.25, -0.2) is 0 Å². The Labute approximate surface area is 175 Å². The van der Waals surface area contributed by atoms with Crippen LogP contribution in [0, 0.1) is 6.92 Å². The largest absolute Gasteiger partial charge is 0.493 e. The molecule has 6 nitrogen and oxygen atoms in total. The number of rotatable bonds is 4. The Morgan fingerprint density at radius 2 is 1.83 bits per heavy atom. The van der Waals surface area contributed by atoms with E-state index in [0.29, 0.717) is 36.4 Å². The number of nitrogens with one attached hydrogen (secondary N) is 1. The maximum Gasteiger partial charge on any atom is 0.254 e. The van der Waals surface area contributed by atoms with Gasteiger partial charge in [-0.2, -0.15) is 0 Å². The summed E-state index contributed by atoms with van der Waals surface area (Å²) in [6, 6.07) is 11.2. The number of carbonyl (C=O) groups excluding carboxylic acids is 1. The van der Waals surface area contributed by atoms with Crippen LogP contribution in [0.15, 0.2) is 41.2 Å². The molecule has 0 saturated heterocycles. The second kappa shape index (κ2) is 7.86. The predicted octanol–water partition coefficient (Wildman–Crippen LogP) is 3.74. The first-order chi connectivity index (χ1) is 14.5. The molecule has 156 valence electrons. The lowest BCUT2D eigenvalue weighted by molar-refractivity contribution is -0.132. The van der Waals surface area contributed by atoms with Crippen molar-refractivity contribution in [3.05, 3.63) is 69.0 Å². The average Bonchev–Trinajstić information content (AvgIpc) is 2.76. The van der Waals surface area contributed by atoms with E-state index in [1.807, 2.05) is 50.2 Å². The number of methoxy groups -OCH3 is 2. The summed E-state index contributed by atoms with van der Waals surface area (Å²) in [6.07, 6.45) is 1.08. The van der Waals surface area contributed by atoms with Gasteiger partial charge < -0.3 is 19.4 Å². The number of hydrogen-bond donors (Lipinski definition) is 1. The molecule has 0 fully saturated rings. The maximum absolute atomic E-state index is 13.1. The van der Waals surface area contributed by atoms with Gasteiger partial charge in [0.1, 0.15) is 0 Å². The van der Waals surface area contributed by atoms with Gasteiger partial charge in [0.15, 0.2) is 11.5 Å². The van der Waals surface area contributed by atoms with Crippen LogP contribution >= 0.6 is 0 Å². The first-order valence-electron chi connectivity index (χ1n) is 10.1. The molecule has 30 heavy (non-hydrogen) atoms. The number of fused-ring (bicyclic) bond motifs is 2. The number of aryl methyl sites for hydroxylation is 1. The van der Waals surface area contributed by atoms with Gasteiger partial charge in [-0.1, -0.05) is 18.6 Å². The number of carbonyl (C=O) groups is 1. The number of pyridine rings is 1. The summed E-state index contributed by atoms with van der Waals surface area (Å²) in [5, 5.41) is 0.945. The summed E-state index contributed by atoms with van der Waals surface area (Å²) in [5.74, 6) is 1.25. The molecule has 1 atom stereocenters. The quantitative estimate of drug-likeness (QED) is 0.717. The molecule has 0 saturated carbocycles. The molecule has 6 heteroatoms. The second-order valence-corrected chi connectivity index (χ2v) is 7.64. The van der Waals surface area contributed by atoms with Gasteiger partial charge in [-0.15, -0.1) is 0 Å². The van der Waals surface area contributed by atoms with Crippen LogP contribution < -0.4 is 15.0 Å². The lowest BCUT2D eigenvalue weighted by Crippen LogP contribution is -2.42. The van der Waals surface area contributed by atoms with Gasteiger partial charge in [0.2, 0.25) is 5.91 Å². The zero-order valence-corrected chi connectivity index (χ0v) is 17.7. The summed E-state index contributed by atoms with van der Waals surface area (Å²) >= 11 is 0. The van der Waals surface area contributed by atoms with E-state index in [4.69, 9.17) is 9.47 Å². The molecule has 4 rings (SSSR count). The fourth-order valence-corrected chi connectivity index (χ4v) is 4.30. The van der Waals surface area contributed by atoms with Crippen LogP contribution in [-0.2, 0) is 11.2 Å². The Balaban J connectivity index is 1.97. The fraction of sp³-hybridized carbons (Fsp3) is 0.333. The highest BCUT2D eigenvalue weighted by Gasteiger charge is 2.34. The standard InChI is InChI=1S/C24H26N2O4/c1-5-22(27)26-9-8-15-12-20(29-3)21(30-4)13-17(15)23(26)18-11-16-10-14(2)6-7-19(16)25-24(18)28/h6-7,10-13,23H,5,8-9H2,1-4H3,(H,25,28). The molecule has 1 aromatic heterocycles. The summed E-state index contributed by atoms with van der Waals surface area (Å²) in [5.41, 5.74) is 4.22. The van der Waals surface area contributed by atoms with E-state index < -0.39 is 6.04 Å². The number of amides is 1. The van der Waals surface area contributed by atoms with Gasteiger partial charge in [-0.05, 0) is 60.2 Å². The molecule has 2 heterocycles. The molecule has 1 aliphatic rings. The van der Waals surface area contributed by atoms with Gasteiger partial charge >= 0.3 is 0 Å². The highest BCUT2D eigenvalue weighted by molar-refractivity contribution is 5.81. The topological polar surface area (TPSA) is 71.6 Å². The molecule has 0 spiro atoms. The van der Waals surface area contributed by atoms with E-state index >= 15 is 0 Å². The lowest BCUT2D eigenvalue weighted by atomic mass is 9.87.